The van der Waals surface area contributed by atoms with Gasteiger partial charge >= 0.3 is 6.01 Å². The van der Waals surface area contributed by atoms with Gasteiger partial charge in [-0.2, -0.15) is 0 Å². The summed E-state index contributed by atoms with van der Waals surface area (Å²) in [6.45, 7) is 0.854. The van der Waals surface area contributed by atoms with E-state index in [0.29, 0.717) is 36.0 Å². The van der Waals surface area contributed by atoms with Gasteiger partial charge in [0.1, 0.15) is 31.0 Å². The van der Waals surface area contributed by atoms with Crippen molar-refractivity contribution in [3.63, 3.8) is 0 Å². The van der Waals surface area contributed by atoms with Crippen molar-refractivity contribution in [2.75, 3.05) is 18.5 Å². The highest BCUT2D eigenvalue weighted by molar-refractivity contribution is 6.03. The molecule has 8 nitrogen and oxygen atoms in total. The van der Waals surface area contributed by atoms with Gasteiger partial charge in [0.05, 0.1) is 0 Å². The Balaban J connectivity index is 1.45. The summed E-state index contributed by atoms with van der Waals surface area (Å²) in [5.74, 6) is 1.27. The second-order valence-electron chi connectivity index (χ2n) is 5.51. The molecule has 0 unspecified atom stereocenters. The molecule has 1 aliphatic rings. The lowest BCUT2D eigenvalue weighted by molar-refractivity contribution is 0.102. The molecule has 1 N–H and O–H groups in total. The summed E-state index contributed by atoms with van der Waals surface area (Å²) >= 11 is 0. The minimum atomic E-state index is -0.404. The van der Waals surface area contributed by atoms with Crippen LogP contribution in [-0.4, -0.2) is 29.3 Å². The highest BCUT2D eigenvalue weighted by Crippen LogP contribution is 2.23. The standard InChI is InChI=1S/C19H15N3O5/c23-17(20-19-22-21-18(27-19)16-12-24-9-10-25-16)13-5-4-8-15(11-13)26-14-6-2-1-3-7-14/h1-8,11-12H,9-10H2,(H,20,22,23). The zero-order chi connectivity index (χ0) is 18.5. The fraction of sp³-hybridized carbons (Fsp3) is 0.105. The van der Waals surface area contributed by atoms with E-state index in [1.54, 1.807) is 24.3 Å². The third-order valence-corrected chi connectivity index (χ3v) is 3.58. The van der Waals surface area contributed by atoms with Gasteiger partial charge in [0.25, 0.3) is 11.8 Å². The van der Waals surface area contributed by atoms with Crippen LogP contribution in [0.3, 0.4) is 0 Å². The number of benzene rings is 2. The number of carbonyl (C=O) groups excluding carboxylic acids is 1. The van der Waals surface area contributed by atoms with Crippen molar-refractivity contribution >= 4 is 17.7 Å². The van der Waals surface area contributed by atoms with Crippen molar-refractivity contribution in [3.05, 3.63) is 72.3 Å². The molecule has 136 valence electrons. The average molecular weight is 365 g/mol. The van der Waals surface area contributed by atoms with E-state index >= 15 is 0 Å². The SMILES string of the molecule is O=C(Nc1nnc(C2=COCCO2)o1)c1cccc(Oc2ccccc2)c1. The topological polar surface area (TPSA) is 95.7 Å². The first-order valence-electron chi connectivity index (χ1n) is 8.21. The third-order valence-electron chi connectivity index (χ3n) is 3.58. The van der Waals surface area contributed by atoms with E-state index in [0.717, 1.165) is 0 Å². The van der Waals surface area contributed by atoms with Crippen LogP contribution in [0.25, 0.3) is 5.76 Å². The second kappa shape index (κ2) is 7.61. The minimum Gasteiger partial charge on any atom is -0.494 e. The highest BCUT2D eigenvalue weighted by Gasteiger charge is 2.18. The Hall–Kier alpha value is -3.81. The molecule has 1 amide bonds. The van der Waals surface area contributed by atoms with Crippen LogP contribution in [0.4, 0.5) is 6.01 Å². The van der Waals surface area contributed by atoms with Crippen molar-refractivity contribution in [2.45, 2.75) is 0 Å². The highest BCUT2D eigenvalue weighted by atomic mass is 16.6. The van der Waals surface area contributed by atoms with Crippen LogP contribution in [0.15, 0.2) is 65.3 Å². The Labute approximate surface area is 154 Å². The lowest BCUT2D eigenvalue weighted by atomic mass is 10.2. The summed E-state index contributed by atoms with van der Waals surface area (Å²) in [6.07, 6.45) is 1.40. The van der Waals surface area contributed by atoms with Crippen molar-refractivity contribution in [1.82, 2.24) is 10.2 Å². The van der Waals surface area contributed by atoms with Crippen molar-refractivity contribution in [2.24, 2.45) is 0 Å². The van der Waals surface area contributed by atoms with Crippen molar-refractivity contribution in [1.29, 1.82) is 0 Å². The minimum absolute atomic E-state index is 0.0422. The van der Waals surface area contributed by atoms with Gasteiger partial charge in [-0.3, -0.25) is 10.1 Å². The lowest BCUT2D eigenvalue weighted by Crippen LogP contribution is -2.12. The Morgan fingerprint density at radius 1 is 1.00 bits per heavy atom. The first kappa shape index (κ1) is 16.6. The molecule has 0 saturated heterocycles. The molecule has 0 aliphatic carbocycles. The molecule has 3 aromatic rings. The van der Waals surface area contributed by atoms with Gasteiger partial charge in [0.2, 0.25) is 5.76 Å². The van der Waals surface area contributed by atoms with Crippen LogP contribution in [0.5, 0.6) is 11.5 Å². The monoisotopic (exact) mass is 365 g/mol. The largest absolute Gasteiger partial charge is 0.494 e. The fourth-order valence-corrected chi connectivity index (χ4v) is 2.35. The molecule has 1 aliphatic heterocycles. The molecule has 0 atom stereocenters. The maximum absolute atomic E-state index is 12.4. The number of ether oxygens (including phenoxy) is 3. The number of carbonyl (C=O) groups is 1. The summed E-state index contributed by atoms with van der Waals surface area (Å²) in [7, 11) is 0. The molecular weight excluding hydrogens is 350 g/mol. The number of amides is 1. The number of nitrogens with zero attached hydrogens (tertiary/aromatic N) is 2. The molecule has 0 fully saturated rings. The Morgan fingerprint density at radius 3 is 2.67 bits per heavy atom. The average Bonchev–Trinajstić information content (AvgIpc) is 3.18. The normalized spacial score (nSPS) is 13.1. The number of para-hydroxylation sites is 1. The zero-order valence-electron chi connectivity index (χ0n) is 14.1. The Bertz CT molecular complexity index is 968. The first-order valence-corrected chi connectivity index (χ1v) is 8.21. The summed E-state index contributed by atoms with van der Waals surface area (Å²) in [5, 5.41) is 10.2. The fourth-order valence-electron chi connectivity index (χ4n) is 2.35. The maximum Gasteiger partial charge on any atom is 0.322 e. The van der Waals surface area contributed by atoms with Crippen molar-refractivity contribution < 1.29 is 23.4 Å². The van der Waals surface area contributed by atoms with E-state index in [-0.39, 0.29) is 11.9 Å². The molecule has 0 bridgehead atoms. The van der Waals surface area contributed by atoms with E-state index in [4.69, 9.17) is 18.6 Å². The molecule has 0 saturated carbocycles. The molecule has 27 heavy (non-hydrogen) atoms. The van der Waals surface area contributed by atoms with Crippen LogP contribution in [0.1, 0.15) is 16.2 Å². The van der Waals surface area contributed by atoms with Crippen molar-refractivity contribution in [3.8, 4) is 11.5 Å². The van der Waals surface area contributed by atoms with Gasteiger partial charge < -0.3 is 18.6 Å². The molecule has 1 aromatic heterocycles. The van der Waals surface area contributed by atoms with Gasteiger partial charge in [-0.1, -0.05) is 29.4 Å². The quantitative estimate of drug-likeness (QED) is 0.740. The first-order chi connectivity index (χ1) is 13.3. The van der Waals surface area contributed by atoms with Crippen LogP contribution in [0, 0.1) is 0 Å². The summed E-state index contributed by atoms with van der Waals surface area (Å²) in [4.78, 5) is 12.4. The number of hydrogen-bond acceptors (Lipinski definition) is 7. The van der Waals surface area contributed by atoms with E-state index < -0.39 is 5.91 Å². The lowest BCUT2D eigenvalue weighted by Gasteiger charge is -2.11. The summed E-state index contributed by atoms with van der Waals surface area (Å²) in [6, 6.07) is 16.0. The number of nitrogens with one attached hydrogen (secondary N) is 1. The van der Waals surface area contributed by atoms with Gasteiger partial charge in [-0.05, 0) is 30.3 Å². The zero-order valence-corrected chi connectivity index (χ0v) is 14.1. The number of rotatable bonds is 5. The van der Waals surface area contributed by atoms with E-state index in [2.05, 4.69) is 15.5 Å². The molecule has 0 radical (unpaired) electrons. The van der Waals surface area contributed by atoms with E-state index in [9.17, 15) is 4.79 Å². The summed E-state index contributed by atoms with van der Waals surface area (Å²) in [5.41, 5.74) is 0.389. The number of aromatic nitrogens is 2. The predicted molar refractivity (Wildman–Crippen MR) is 95.1 cm³/mol. The second-order valence-corrected chi connectivity index (χ2v) is 5.51. The third kappa shape index (κ3) is 4.06. The van der Waals surface area contributed by atoms with E-state index in [1.165, 1.54) is 6.26 Å². The Kier molecular flexibility index (Phi) is 4.69. The van der Waals surface area contributed by atoms with Crippen LogP contribution in [0.2, 0.25) is 0 Å². The number of anilines is 1. The smallest absolute Gasteiger partial charge is 0.322 e. The van der Waals surface area contributed by atoms with E-state index in [1.807, 2.05) is 30.3 Å². The molecule has 2 heterocycles. The van der Waals surface area contributed by atoms with Gasteiger partial charge in [-0.25, -0.2) is 0 Å². The van der Waals surface area contributed by atoms with Crippen LogP contribution in [-0.2, 0) is 9.47 Å². The molecule has 8 heteroatoms. The Morgan fingerprint density at radius 2 is 1.85 bits per heavy atom. The maximum atomic E-state index is 12.4. The van der Waals surface area contributed by atoms with Gasteiger partial charge in [0.15, 0.2) is 0 Å². The molecule has 4 rings (SSSR count). The predicted octanol–water partition coefficient (Wildman–Crippen LogP) is 3.46. The van der Waals surface area contributed by atoms with Gasteiger partial charge in [0, 0.05) is 5.56 Å². The molecular formula is C19H15N3O5. The van der Waals surface area contributed by atoms with Crippen LogP contribution >= 0.6 is 0 Å². The molecule has 2 aromatic carbocycles. The van der Waals surface area contributed by atoms with Gasteiger partial charge in [-0.15, -0.1) is 5.10 Å². The number of hydrogen-bond donors (Lipinski definition) is 1. The molecule has 0 spiro atoms. The summed E-state index contributed by atoms with van der Waals surface area (Å²) < 4.78 is 21.6. The van der Waals surface area contributed by atoms with Crippen LogP contribution < -0.4 is 10.1 Å².